The van der Waals surface area contributed by atoms with E-state index in [1.165, 1.54) is 13.8 Å². The number of rotatable bonds is 4. The standard InChI is InChI=1S/C15H13F2NO6/c1-15(2)23-13(21)8(14(22)24-15)6-18-9-4-3-7(5-10(19)20)11(16)12(9)17/h3-4,6,18H,5H2,1-2H3,(H,19,20). The summed E-state index contributed by atoms with van der Waals surface area (Å²) in [5, 5.41) is 10.9. The van der Waals surface area contributed by atoms with Crippen molar-refractivity contribution in [1.29, 1.82) is 0 Å². The fraction of sp³-hybridized carbons (Fsp3) is 0.267. The number of carbonyl (C=O) groups excluding carboxylic acids is 2. The van der Waals surface area contributed by atoms with Crippen LogP contribution in [0.2, 0.25) is 0 Å². The maximum Gasteiger partial charge on any atom is 0.350 e. The lowest BCUT2D eigenvalue weighted by molar-refractivity contribution is -0.222. The molecule has 0 spiro atoms. The quantitative estimate of drug-likeness (QED) is 0.488. The normalized spacial score (nSPS) is 16.2. The number of carboxylic acids is 1. The van der Waals surface area contributed by atoms with Gasteiger partial charge >= 0.3 is 17.9 Å². The topological polar surface area (TPSA) is 102 Å². The molecule has 0 saturated carbocycles. The van der Waals surface area contributed by atoms with Crippen molar-refractivity contribution in [3.05, 3.63) is 41.1 Å². The summed E-state index contributed by atoms with van der Waals surface area (Å²) in [6.07, 6.45) is 0.145. The van der Waals surface area contributed by atoms with Crippen LogP contribution < -0.4 is 5.32 Å². The van der Waals surface area contributed by atoms with E-state index >= 15 is 0 Å². The molecule has 0 unspecified atom stereocenters. The molecule has 1 saturated heterocycles. The molecule has 0 radical (unpaired) electrons. The monoisotopic (exact) mass is 341 g/mol. The maximum atomic E-state index is 13.9. The van der Waals surface area contributed by atoms with E-state index in [9.17, 15) is 23.2 Å². The summed E-state index contributed by atoms with van der Waals surface area (Å²) in [6.45, 7) is 2.73. The zero-order valence-corrected chi connectivity index (χ0v) is 12.7. The lowest BCUT2D eigenvalue weighted by atomic mass is 10.1. The van der Waals surface area contributed by atoms with Crippen molar-refractivity contribution < 1.29 is 37.7 Å². The molecule has 0 amide bonds. The van der Waals surface area contributed by atoms with Gasteiger partial charge in [0.1, 0.15) is 0 Å². The molecule has 0 aliphatic carbocycles. The van der Waals surface area contributed by atoms with Crippen molar-refractivity contribution in [3.63, 3.8) is 0 Å². The summed E-state index contributed by atoms with van der Waals surface area (Å²) < 4.78 is 37.3. The number of cyclic esters (lactones) is 2. The van der Waals surface area contributed by atoms with E-state index in [1.807, 2.05) is 0 Å². The van der Waals surface area contributed by atoms with Gasteiger partial charge in [-0.15, -0.1) is 0 Å². The van der Waals surface area contributed by atoms with Crippen molar-refractivity contribution in [2.45, 2.75) is 26.1 Å². The fourth-order valence-electron chi connectivity index (χ4n) is 1.93. The predicted octanol–water partition coefficient (Wildman–Crippen LogP) is 1.72. The molecule has 0 aromatic heterocycles. The molecule has 1 aliphatic rings. The third-order valence-electron chi connectivity index (χ3n) is 2.99. The van der Waals surface area contributed by atoms with Gasteiger partial charge in [-0.2, -0.15) is 0 Å². The molecule has 2 rings (SSSR count). The highest BCUT2D eigenvalue weighted by Gasteiger charge is 2.39. The molecule has 24 heavy (non-hydrogen) atoms. The number of carbonyl (C=O) groups is 3. The van der Waals surface area contributed by atoms with E-state index in [1.54, 1.807) is 0 Å². The lowest BCUT2D eigenvalue weighted by Crippen LogP contribution is -2.42. The van der Waals surface area contributed by atoms with Crippen LogP contribution in [-0.2, 0) is 30.3 Å². The van der Waals surface area contributed by atoms with Gasteiger partial charge in [-0.25, -0.2) is 18.4 Å². The van der Waals surface area contributed by atoms with Gasteiger partial charge in [0, 0.05) is 25.6 Å². The summed E-state index contributed by atoms with van der Waals surface area (Å²) in [4.78, 5) is 34.0. The number of aliphatic carboxylic acids is 1. The van der Waals surface area contributed by atoms with Crippen molar-refractivity contribution in [3.8, 4) is 0 Å². The van der Waals surface area contributed by atoms with E-state index in [2.05, 4.69) is 5.32 Å². The number of halogens is 2. The van der Waals surface area contributed by atoms with E-state index in [0.29, 0.717) is 0 Å². The van der Waals surface area contributed by atoms with Gasteiger partial charge in [-0.05, 0) is 6.07 Å². The van der Waals surface area contributed by atoms with Crippen LogP contribution in [0.4, 0.5) is 14.5 Å². The van der Waals surface area contributed by atoms with Crippen LogP contribution in [0.1, 0.15) is 19.4 Å². The van der Waals surface area contributed by atoms with Gasteiger partial charge in [0.15, 0.2) is 17.2 Å². The number of anilines is 1. The average Bonchev–Trinajstić information content (AvgIpc) is 2.43. The first-order valence-corrected chi connectivity index (χ1v) is 6.73. The Morgan fingerprint density at radius 1 is 1.21 bits per heavy atom. The Morgan fingerprint density at radius 3 is 2.33 bits per heavy atom. The predicted molar refractivity (Wildman–Crippen MR) is 75.7 cm³/mol. The zero-order chi connectivity index (χ0) is 18.1. The molecule has 128 valence electrons. The zero-order valence-electron chi connectivity index (χ0n) is 12.7. The highest BCUT2D eigenvalue weighted by atomic mass is 19.2. The molecule has 7 nitrogen and oxygen atoms in total. The Balaban J connectivity index is 2.23. The summed E-state index contributed by atoms with van der Waals surface area (Å²) >= 11 is 0. The number of carboxylic acid groups (broad SMARTS) is 1. The van der Waals surface area contributed by atoms with E-state index in [-0.39, 0.29) is 11.3 Å². The van der Waals surface area contributed by atoms with E-state index < -0.39 is 47.3 Å². The van der Waals surface area contributed by atoms with Gasteiger partial charge in [-0.3, -0.25) is 4.79 Å². The third kappa shape index (κ3) is 3.67. The van der Waals surface area contributed by atoms with Gasteiger partial charge in [-0.1, -0.05) is 6.07 Å². The van der Waals surface area contributed by atoms with Crippen LogP contribution in [0.25, 0.3) is 0 Å². The molecule has 0 atom stereocenters. The molecule has 1 aliphatic heterocycles. The minimum atomic E-state index is -1.42. The smallest absolute Gasteiger partial charge is 0.350 e. The number of nitrogens with one attached hydrogen (secondary N) is 1. The van der Waals surface area contributed by atoms with E-state index in [4.69, 9.17) is 14.6 Å². The second kappa shape index (κ2) is 6.26. The second-order valence-electron chi connectivity index (χ2n) is 5.35. The fourth-order valence-corrected chi connectivity index (χ4v) is 1.93. The number of hydrogen-bond acceptors (Lipinski definition) is 6. The van der Waals surface area contributed by atoms with Crippen LogP contribution in [-0.4, -0.2) is 28.8 Å². The first-order valence-electron chi connectivity index (χ1n) is 6.73. The lowest BCUT2D eigenvalue weighted by Gasteiger charge is -2.29. The Labute approximate surface area is 134 Å². The number of hydrogen-bond donors (Lipinski definition) is 2. The Morgan fingerprint density at radius 2 is 1.79 bits per heavy atom. The van der Waals surface area contributed by atoms with Crippen molar-refractivity contribution >= 4 is 23.6 Å². The van der Waals surface area contributed by atoms with Crippen molar-refractivity contribution in [2.75, 3.05) is 5.32 Å². The Bertz CT molecular complexity index is 735. The summed E-state index contributed by atoms with van der Waals surface area (Å²) in [7, 11) is 0. The highest BCUT2D eigenvalue weighted by Crippen LogP contribution is 2.24. The molecule has 9 heteroatoms. The molecule has 0 bridgehead atoms. The molecule has 1 aromatic carbocycles. The van der Waals surface area contributed by atoms with Crippen LogP contribution in [0.5, 0.6) is 0 Å². The molecule has 1 fully saturated rings. The molecular formula is C15H13F2NO6. The molecular weight excluding hydrogens is 328 g/mol. The SMILES string of the molecule is CC1(C)OC(=O)C(=CNc2ccc(CC(=O)O)c(F)c2F)C(=O)O1. The number of esters is 2. The minimum absolute atomic E-state index is 0.337. The Hall–Kier alpha value is -2.97. The number of benzene rings is 1. The van der Waals surface area contributed by atoms with Crippen LogP contribution >= 0.6 is 0 Å². The van der Waals surface area contributed by atoms with Crippen LogP contribution in [0.3, 0.4) is 0 Å². The maximum absolute atomic E-state index is 13.9. The van der Waals surface area contributed by atoms with Crippen molar-refractivity contribution in [1.82, 2.24) is 0 Å². The minimum Gasteiger partial charge on any atom is -0.481 e. The summed E-state index contributed by atoms with van der Waals surface area (Å²) in [5.41, 5.74) is -1.25. The summed E-state index contributed by atoms with van der Waals surface area (Å²) in [5.74, 6) is -7.37. The Kier molecular flexibility index (Phi) is 4.54. The first kappa shape index (κ1) is 17.4. The molecule has 1 heterocycles. The van der Waals surface area contributed by atoms with Gasteiger partial charge in [0.2, 0.25) is 0 Å². The van der Waals surface area contributed by atoms with Gasteiger partial charge in [0.05, 0.1) is 12.1 Å². The summed E-state index contributed by atoms with van der Waals surface area (Å²) in [6, 6.07) is 2.16. The van der Waals surface area contributed by atoms with Gasteiger partial charge < -0.3 is 19.9 Å². The second-order valence-corrected chi connectivity index (χ2v) is 5.35. The van der Waals surface area contributed by atoms with Crippen LogP contribution in [0.15, 0.2) is 23.9 Å². The van der Waals surface area contributed by atoms with Crippen molar-refractivity contribution in [2.24, 2.45) is 0 Å². The van der Waals surface area contributed by atoms with Gasteiger partial charge in [0.25, 0.3) is 5.79 Å². The van der Waals surface area contributed by atoms with E-state index in [0.717, 1.165) is 18.3 Å². The molecule has 2 N–H and O–H groups in total. The largest absolute Gasteiger partial charge is 0.481 e. The number of ether oxygens (including phenoxy) is 2. The molecule has 1 aromatic rings. The average molecular weight is 341 g/mol. The van der Waals surface area contributed by atoms with Crippen LogP contribution in [0, 0.1) is 11.6 Å². The highest BCUT2D eigenvalue weighted by molar-refractivity contribution is 6.15. The third-order valence-corrected chi connectivity index (χ3v) is 2.99. The first-order chi connectivity index (χ1) is 11.1.